The van der Waals surface area contributed by atoms with E-state index in [1.807, 2.05) is 10.7 Å². The molecule has 0 aliphatic carbocycles. The number of para-hydroxylation sites is 1. The molecule has 0 amide bonds. The van der Waals surface area contributed by atoms with Crippen LogP contribution >= 0.6 is 0 Å². The van der Waals surface area contributed by atoms with E-state index in [1.54, 1.807) is 0 Å². The molecule has 116 valence electrons. The van der Waals surface area contributed by atoms with Gasteiger partial charge in [-0.15, -0.1) is 5.10 Å². The predicted molar refractivity (Wildman–Crippen MR) is 88.5 cm³/mol. The predicted octanol–water partition coefficient (Wildman–Crippen LogP) is 3.00. The zero-order chi connectivity index (χ0) is 15.4. The van der Waals surface area contributed by atoms with Crippen LogP contribution in [0, 0.1) is 0 Å². The van der Waals surface area contributed by atoms with Crippen LogP contribution in [-0.2, 0) is 19.5 Å². The van der Waals surface area contributed by atoms with E-state index in [-0.39, 0.29) is 0 Å². The average Bonchev–Trinajstić information content (AvgIpc) is 3.13. The summed E-state index contributed by atoms with van der Waals surface area (Å²) < 4.78 is 2.03. The SMILES string of the molecule is CCCCCn1nnc(CN)c1Cc1c[nH]c2ccccc12. The van der Waals surface area contributed by atoms with Crippen LogP contribution in [0.4, 0.5) is 0 Å². The molecule has 0 saturated heterocycles. The van der Waals surface area contributed by atoms with Gasteiger partial charge in [-0.05, 0) is 18.1 Å². The molecule has 0 unspecified atom stereocenters. The molecule has 0 fully saturated rings. The summed E-state index contributed by atoms with van der Waals surface area (Å²) in [6, 6.07) is 8.36. The lowest BCUT2D eigenvalue weighted by atomic mass is 10.1. The molecular weight excluding hydrogens is 274 g/mol. The number of aromatic nitrogens is 4. The first kappa shape index (κ1) is 14.8. The molecule has 0 bridgehead atoms. The molecule has 0 spiro atoms. The zero-order valence-corrected chi connectivity index (χ0v) is 13.0. The Hall–Kier alpha value is -2.14. The second kappa shape index (κ2) is 6.75. The van der Waals surface area contributed by atoms with Crippen molar-refractivity contribution in [2.24, 2.45) is 5.73 Å². The molecule has 5 heteroatoms. The Labute approximate surface area is 130 Å². The fourth-order valence-corrected chi connectivity index (χ4v) is 2.87. The summed E-state index contributed by atoms with van der Waals surface area (Å²) in [5, 5.41) is 9.80. The van der Waals surface area contributed by atoms with Crippen LogP contribution in [0.15, 0.2) is 30.5 Å². The lowest BCUT2D eigenvalue weighted by molar-refractivity contribution is 0.523. The Kier molecular flexibility index (Phi) is 4.53. The normalized spacial score (nSPS) is 11.4. The largest absolute Gasteiger partial charge is 0.361 e. The van der Waals surface area contributed by atoms with Gasteiger partial charge in [0, 0.05) is 36.6 Å². The van der Waals surface area contributed by atoms with Crippen LogP contribution in [0.1, 0.15) is 43.1 Å². The van der Waals surface area contributed by atoms with Crippen molar-refractivity contribution in [3.63, 3.8) is 0 Å². The van der Waals surface area contributed by atoms with Gasteiger partial charge < -0.3 is 10.7 Å². The van der Waals surface area contributed by atoms with Crippen LogP contribution in [0.3, 0.4) is 0 Å². The van der Waals surface area contributed by atoms with E-state index in [9.17, 15) is 0 Å². The van der Waals surface area contributed by atoms with Gasteiger partial charge in [0.15, 0.2) is 0 Å². The minimum absolute atomic E-state index is 0.436. The molecule has 0 aliphatic heterocycles. The lowest BCUT2D eigenvalue weighted by Gasteiger charge is -2.07. The molecule has 22 heavy (non-hydrogen) atoms. The van der Waals surface area contributed by atoms with Crippen LogP contribution in [0.25, 0.3) is 10.9 Å². The van der Waals surface area contributed by atoms with Gasteiger partial charge in [-0.3, -0.25) is 0 Å². The number of nitrogens with two attached hydrogens (primary N) is 1. The van der Waals surface area contributed by atoms with Crippen molar-refractivity contribution in [3.05, 3.63) is 47.4 Å². The number of nitrogens with one attached hydrogen (secondary N) is 1. The molecule has 5 nitrogen and oxygen atoms in total. The number of aryl methyl sites for hydroxylation is 1. The number of fused-ring (bicyclic) bond motifs is 1. The number of benzene rings is 1. The highest BCUT2D eigenvalue weighted by molar-refractivity contribution is 5.83. The maximum atomic E-state index is 5.84. The van der Waals surface area contributed by atoms with Crippen molar-refractivity contribution in [2.45, 2.75) is 45.7 Å². The number of hydrogen-bond donors (Lipinski definition) is 2. The summed E-state index contributed by atoms with van der Waals surface area (Å²) in [5.41, 5.74) is 10.3. The molecule has 2 aromatic heterocycles. The first-order chi connectivity index (χ1) is 10.8. The van der Waals surface area contributed by atoms with E-state index in [0.717, 1.165) is 36.3 Å². The third-order valence-corrected chi connectivity index (χ3v) is 4.12. The smallest absolute Gasteiger partial charge is 0.0998 e. The minimum atomic E-state index is 0.436. The Morgan fingerprint density at radius 1 is 1.23 bits per heavy atom. The van der Waals surface area contributed by atoms with Crippen LogP contribution in [0.5, 0.6) is 0 Å². The molecule has 0 saturated carbocycles. The second-order valence-electron chi connectivity index (χ2n) is 5.65. The van der Waals surface area contributed by atoms with E-state index < -0.39 is 0 Å². The standard InChI is InChI=1S/C17H23N5/c1-2-3-6-9-22-17(16(11-18)20-21-22)10-13-12-19-15-8-5-4-7-14(13)15/h4-5,7-8,12,19H,2-3,6,9-11,18H2,1H3. The Morgan fingerprint density at radius 3 is 2.91 bits per heavy atom. The molecule has 3 N–H and O–H groups in total. The zero-order valence-electron chi connectivity index (χ0n) is 13.0. The molecule has 3 rings (SSSR count). The molecule has 0 radical (unpaired) electrons. The summed E-state index contributed by atoms with van der Waals surface area (Å²) in [6.45, 7) is 3.56. The van der Waals surface area contributed by atoms with Gasteiger partial charge in [-0.25, -0.2) is 4.68 Å². The quantitative estimate of drug-likeness (QED) is 0.658. The fourth-order valence-electron chi connectivity index (χ4n) is 2.87. The van der Waals surface area contributed by atoms with Crippen LogP contribution in [0.2, 0.25) is 0 Å². The number of nitrogens with zero attached hydrogens (tertiary/aromatic N) is 3. The molecule has 3 aromatic rings. The Morgan fingerprint density at radius 2 is 2.09 bits per heavy atom. The van der Waals surface area contributed by atoms with Gasteiger partial charge >= 0.3 is 0 Å². The number of H-pyrrole nitrogens is 1. The molecule has 0 atom stereocenters. The van der Waals surface area contributed by atoms with Gasteiger partial charge in [0.05, 0.1) is 11.4 Å². The highest BCUT2D eigenvalue weighted by Gasteiger charge is 2.14. The summed E-state index contributed by atoms with van der Waals surface area (Å²) in [6.07, 6.45) is 6.44. The fraction of sp³-hybridized carbons (Fsp3) is 0.412. The Bertz CT molecular complexity index is 740. The van der Waals surface area contributed by atoms with E-state index in [2.05, 4.69) is 46.6 Å². The van der Waals surface area contributed by atoms with E-state index in [0.29, 0.717) is 6.54 Å². The topological polar surface area (TPSA) is 72.5 Å². The summed E-state index contributed by atoms with van der Waals surface area (Å²) >= 11 is 0. The average molecular weight is 297 g/mol. The van der Waals surface area contributed by atoms with Crippen molar-refractivity contribution in [2.75, 3.05) is 0 Å². The van der Waals surface area contributed by atoms with E-state index in [1.165, 1.54) is 23.8 Å². The van der Waals surface area contributed by atoms with Crippen molar-refractivity contribution in [3.8, 4) is 0 Å². The summed E-state index contributed by atoms with van der Waals surface area (Å²) in [4.78, 5) is 3.33. The van der Waals surface area contributed by atoms with E-state index in [4.69, 9.17) is 5.73 Å². The number of unbranched alkanes of at least 4 members (excludes halogenated alkanes) is 2. The van der Waals surface area contributed by atoms with Gasteiger partial charge in [0.25, 0.3) is 0 Å². The Balaban J connectivity index is 1.88. The van der Waals surface area contributed by atoms with Crippen LogP contribution in [-0.4, -0.2) is 20.0 Å². The van der Waals surface area contributed by atoms with Gasteiger partial charge in [0.2, 0.25) is 0 Å². The highest BCUT2D eigenvalue weighted by atomic mass is 15.4. The van der Waals surface area contributed by atoms with Gasteiger partial charge in [-0.1, -0.05) is 43.2 Å². The molecular formula is C17H23N5. The van der Waals surface area contributed by atoms with Crippen molar-refractivity contribution >= 4 is 10.9 Å². The third kappa shape index (κ3) is 2.90. The van der Waals surface area contributed by atoms with Gasteiger partial charge in [0.1, 0.15) is 0 Å². The first-order valence-electron chi connectivity index (χ1n) is 7.99. The van der Waals surface area contributed by atoms with E-state index >= 15 is 0 Å². The maximum Gasteiger partial charge on any atom is 0.0998 e. The number of hydrogen-bond acceptors (Lipinski definition) is 3. The number of aromatic amines is 1. The maximum absolute atomic E-state index is 5.84. The second-order valence-corrected chi connectivity index (χ2v) is 5.65. The van der Waals surface area contributed by atoms with Crippen molar-refractivity contribution in [1.82, 2.24) is 20.0 Å². The molecule has 1 aromatic carbocycles. The number of rotatable bonds is 7. The molecule has 2 heterocycles. The monoisotopic (exact) mass is 297 g/mol. The lowest BCUT2D eigenvalue weighted by Crippen LogP contribution is -2.08. The minimum Gasteiger partial charge on any atom is -0.361 e. The van der Waals surface area contributed by atoms with Crippen LogP contribution < -0.4 is 5.73 Å². The molecule has 0 aliphatic rings. The third-order valence-electron chi connectivity index (χ3n) is 4.12. The van der Waals surface area contributed by atoms with Crippen molar-refractivity contribution < 1.29 is 0 Å². The highest BCUT2D eigenvalue weighted by Crippen LogP contribution is 2.22. The summed E-state index contributed by atoms with van der Waals surface area (Å²) in [5.74, 6) is 0. The van der Waals surface area contributed by atoms with Gasteiger partial charge in [-0.2, -0.15) is 0 Å². The first-order valence-corrected chi connectivity index (χ1v) is 7.99. The summed E-state index contributed by atoms with van der Waals surface area (Å²) in [7, 11) is 0. The van der Waals surface area contributed by atoms with Crippen molar-refractivity contribution in [1.29, 1.82) is 0 Å².